The molecule has 1 aromatic carbocycles. The van der Waals surface area contributed by atoms with Crippen molar-refractivity contribution >= 4 is 5.69 Å². The smallest absolute Gasteiger partial charge is 0.125 e. The summed E-state index contributed by atoms with van der Waals surface area (Å²) in [7, 11) is 0. The Bertz CT molecular complexity index is 419. The summed E-state index contributed by atoms with van der Waals surface area (Å²) in [5, 5.41) is 3.67. The van der Waals surface area contributed by atoms with E-state index < -0.39 is 0 Å². The van der Waals surface area contributed by atoms with Crippen LogP contribution in [-0.4, -0.2) is 25.2 Å². The van der Waals surface area contributed by atoms with Gasteiger partial charge in [-0.15, -0.1) is 0 Å². The molecule has 0 aliphatic carbocycles. The second kappa shape index (κ2) is 6.38. The van der Waals surface area contributed by atoms with E-state index in [4.69, 9.17) is 0 Å². The van der Waals surface area contributed by atoms with Crippen molar-refractivity contribution in [2.45, 2.75) is 52.1 Å². The molecular weight excluding hydrogens is 239 g/mol. The molecule has 2 rings (SSSR count). The largest absolute Gasteiger partial charge is 0.371 e. The van der Waals surface area contributed by atoms with Crippen LogP contribution in [0.1, 0.15) is 38.7 Å². The molecule has 0 spiro atoms. The minimum Gasteiger partial charge on any atom is -0.371 e. The fourth-order valence-corrected chi connectivity index (χ4v) is 2.83. The predicted molar refractivity (Wildman–Crippen MR) is 79.3 cm³/mol. The summed E-state index contributed by atoms with van der Waals surface area (Å²) in [5.41, 5.74) is 2.22. The van der Waals surface area contributed by atoms with Gasteiger partial charge in [0.2, 0.25) is 0 Å². The summed E-state index contributed by atoms with van der Waals surface area (Å²) in [6.07, 6.45) is 3.38. The SMILES string of the molecule is CCC1CCN(c2cc(F)ccc2C)CCC(C)N1. The lowest BCUT2D eigenvalue weighted by Gasteiger charge is -2.34. The average Bonchev–Trinajstić information content (AvgIpc) is 2.38. The molecule has 0 radical (unpaired) electrons. The molecule has 2 atom stereocenters. The van der Waals surface area contributed by atoms with Crippen LogP contribution in [0, 0.1) is 12.7 Å². The topological polar surface area (TPSA) is 15.3 Å². The molecule has 0 aromatic heterocycles. The number of hydrogen-bond acceptors (Lipinski definition) is 2. The Morgan fingerprint density at radius 1 is 1.32 bits per heavy atom. The Labute approximate surface area is 116 Å². The third-order valence-electron chi connectivity index (χ3n) is 4.10. The number of anilines is 1. The predicted octanol–water partition coefficient (Wildman–Crippen LogP) is 3.49. The van der Waals surface area contributed by atoms with E-state index in [0.717, 1.165) is 43.6 Å². The quantitative estimate of drug-likeness (QED) is 0.879. The van der Waals surface area contributed by atoms with E-state index in [9.17, 15) is 4.39 Å². The van der Waals surface area contributed by atoms with Crippen LogP contribution < -0.4 is 10.2 Å². The zero-order valence-electron chi connectivity index (χ0n) is 12.2. The van der Waals surface area contributed by atoms with E-state index in [0.29, 0.717) is 12.1 Å². The minimum atomic E-state index is -0.138. The molecule has 1 aromatic rings. The van der Waals surface area contributed by atoms with Crippen LogP contribution in [0.2, 0.25) is 0 Å². The Kier molecular flexibility index (Phi) is 4.81. The number of nitrogens with zero attached hydrogens (tertiary/aromatic N) is 1. The number of halogens is 1. The summed E-state index contributed by atoms with van der Waals surface area (Å²) < 4.78 is 13.5. The van der Waals surface area contributed by atoms with Gasteiger partial charge in [-0.25, -0.2) is 4.39 Å². The molecule has 1 saturated heterocycles. The van der Waals surface area contributed by atoms with Gasteiger partial charge in [0.25, 0.3) is 0 Å². The Morgan fingerprint density at radius 2 is 2.05 bits per heavy atom. The first-order chi connectivity index (χ1) is 9.10. The van der Waals surface area contributed by atoms with Crippen molar-refractivity contribution in [3.63, 3.8) is 0 Å². The first-order valence-electron chi connectivity index (χ1n) is 7.37. The van der Waals surface area contributed by atoms with Crippen molar-refractivity contribution in [1.82, 2.24) is 5.32 Å². The van der Waals surface area contributed by atoms with Gasteiger partial charge in [-0.1, -0.05) is 13.0 Å². The van der Waals surface area contributed by atoms with Gasteiger partial charge in [0.1, 0.15) is 5.82 Å². The standard InChI is InChI=1S/C16H25FN2/c1-4-15-8-10-19(9-7-13(3)18-15)16-11-14(17)6-5-12(16)2/h5-6,11,13,15,18H,4,7-10H2,1-3H3. The molecule has 0 saturated carbocycles. The highest BCUT2D eigenvalue weighted by atomic mass is 19.1. The molecule has 1 aliphatic rings. The maximum absolute atomic E-state index is 13.5. The second-order valence-corrected chi connectivity index (χ2v) is 5.67. The second-order valence-electron chi connectivity index (χ2n) is 5.67. The molecule has 1 N–H and O–H groups in total. The van der Waals surface area contributed by atoms with E-state index in [-0.39, 0.29) is 5.82 Å². The van der Waals surface area contributed by atoms with E-state index in [1.165, 1.54) is 0 Å². The highest BCUT2D eigenvalue weighted by molar-refractivity contribution is 5.53. The summed E-state index contributed by atoms with van der Waals surface area (Å²) in [6, 6.07) is 6.20. The molecule has 3 heteroatoms. The fourth-order valence-electron chi connectivity index (χ4n) is 2.83. The van der Waals surface area contributed by atoms with Crippen LogP contribution in [-0.2, 0) is 0 Å². The van der Waals surface area contributed by atoms with Gasteiger partial charge < -0.3 is 10.2 Å². The van der Waals surface area contributed by atoms with Crippen LogP contribution in [0.4, 0.5) is 10.1 Å². The first kappa shape index (κ1) is 14.3. The van der Waals surface area contributed by atoms with E-state index in [2.05, 4.69) is 31.0 Å². The Hall–Kier alpha value is -1.09. The summed E-state index contributed by atoms with van der Waals surface area (Å²) in [4.78, 5) is 2.35. The molecule has 2 nitrogen and oxygen atoms in total. The van der Waals surface area contributed by atoms with Crippen LogP contribution in [0.25, 0.3) is 0 Å². The molecular formula is C16H25FN2. The van der Waals surface area contributed by atoms with Gasteiger partial charge in [0, 0.05) is 30.9 Å². The van der Waals surface area contributed by atoms with Crippen molar-refractivity contribution in [1.29, 1.82) is 0 Å². The lowest BCUT2D eigenvalue weighted by Crippen LogP contribution is -2.44. The van der Waals surface area contributed by atoms with Gasteiger partial charge >= 0.3 is 0 Å². The van der Waals surface area contributed by atoms with Crippen molar-refractivity contribution in [2.75, 3.05) is 18.0 Å². The van der Waals surface area contributed by atoms with Gasteiger partial charge in [-0.2, -0.15) is 0 Å². The summed E-state index contributed by atoms with van der Waals surface area (Å²) >= 11 is 0. The maximum Gasteiger partial charge on any atom is 0.125 e. The third kappa shape index (κ3) is 3.69. The number of nitrogens with one attached hydrogen (secondary N) is 1. The van der Waals surface area contributed by atoms with Gasteiger partial charge in [-0.3, -0.25) is 0 Å². The normalized spacial score (nSPS) is 24.9. The minimum absolute atomic E-state index is 0.138. The van der Waals surface area contributed by atoms with E-state index in [1.54, 1.807) is 12.1 Å². The monoisotopic (exact) mass is 264 g/mol. The zero-order chi connectivity index (χ0) is 13.8. The van der Waals surface area contributed by atoms with E-state index in [1.807, 2.05) is 6.07 Å². The van der Waals surface area contributed by atoms with Gasteiger partial charge in [0.15, 0.2) is 0 Å². The van der Waals surface area contributed by atoms with Crippen LogP contribution in [0.15, 0.2) is 18.2 Å². The van der Waals surface area contributed by atoms with Crippen LogP contribution >= 0.6 is 0 Å². The molecule has 1 fully saturated rings. The fraction of sp³-hybridized carbons (Fsp3) is 0.625. The van der Waals surface area contributed by atoms with Crippen molar-refractivity contribution in [3.05, 3.63) is 29.6 Å². The number of rotatable bonds is 2. The van der Waals surface area contributed by atoms with Crippen molar-refractivity contribution in [3.8, 4) is 0 Å². The molecule has 2 unspecified atom stereocenters. The number of aryl methyl sites for hydroxylation is 1. The first-order valence-corrected chi connectivity index (χ1v) is 7.37. The molecule has 106 valence electrons. The van der Waals surface area contributed by atoms with E-state index >= 15 is 0 Å². The van der Waals surface area contributed by atoms with Gasteiger partial charge in [-0.05, 0) is 50.8 Å². The van der Waals surface area contributed by atoms with Crippen molar-refractivity contribution < 1.29 is 4.39 Å². The highest BCUT2D eigenvalue weighted by Crippen LogP contribution is 2.23. The molecule has 1 heterocycles. The van der Waals surface area contributed by atoms with Gasteiger partial charge in [0.05, 0.1) is 0 Å². The third-order valence-corrected chi connectivity index (χ3v) is 4.10. The molecule has 19 heavy (non-hydrogen) atoms. The maximum atomic E-state index is 13.5. The number of hydrogen-bond donors (Lipinski definition) is 1. The zero-order valence-corrected chi connectivity index (χ0v) is 12.2. The summed E-state index contributed by atoms with van der Waals surface area (Å²) in [6.45, 7) is 8.53. The van der Waals surface area contributed by atoms with Crippen molar-refractivity contribution in [2.24, 2.45) is 0 Å². The molecule has 0 amide bonds. The highest BCUT2D eigenvalue weighted by Gasteiger charge is 2.19. The van der Waals surface area contributed by atoms with Crippen LogP contribution in [0.5, 0.6) is 0 Å². The summed E-state index contributed by atoms with van der Waals surface area (Å²) in [5.74, 6) is -0.138. The lowest BCUT2D eigenvalue weighted by molar-refractivity contribution is 0.378. The lowest BCUT2D eigenvalue weighted by atomic mass is 10.0. The Morgan fingerprint density at radius 3 is 2.79 bits per heavy atom. The van der Waals surface area contributed by atoms with Crippen LogP contribution in [0.3, 0.4) is 0 Å². The molecule has 0 bridgehead atoms. The molecule has 1 aliphatic heterocycles. The Balaban J connectivity index is 2.16. The number of benzene rings is 1. The average molecular weight is 264 g/mol.